The molecule has 1 aliphatic carbocycles. The van der Waals surface area contributed by atoms with Crippen LogP contribution in [-0.2, 0) is 0 Å². The van der Waals surface area contributed by atoms with Crippen molar-refractivity contribution in [3.8, 4) is 0 Å². The van der Waals surface area contributed by atoms with Crippen molar-refractivity contribution in [3.05, 3.63) is 0 Å². The predicted molar refractivity (Wildman–Crippen MR) is 75.9 cm³/mol. The number of hydrogen-bond donors (Lipinski definition) is 2. The lowest BCUT2D eigenvalue weighted by molar-refractivity contribution is 0.226. The minimum atomic E-state index is -0.199. The highest BCUT2D eigenvalue weighted by molar-refractivity contribution is 5.85. The number of unbranched alkanes of at least 4 members (excludes halogenated alkanes) is 1. The molecule has 0 aromatic heterocycles. The Kier molecular flexibility index (Phi) is 5.45. The van der Waals surface area contributed by atoms with E-state index in [-0.39, 0.29) is 5.41 Å². The van der Waals surface area contributed by atoms with Gasteiger partial charge in [-0.15, -0.1) is 0 Å². The predicted octanol–water partition coefficient (Wildman–Crippen LogP) is 2.66. The minimum Gasteiger partial charge on any atom is -0.409 e. The zero-order valence-electron chi connectivity index (χ0n) is 12.3. The molecule has 18 heavy (non-hydrogen) atoms. The van der Waals surface area contributed by atoms with Gasteiger partial charge in [0.15, 0.2) is 0 Å². The lowest BCUT2D eigenvalue weighted by Gasteiger charge is -2.26. The molecule has 0 saturated heterocycles. The Labute approximate surface area is 111 Å². The molecule has 1 fully saturated rings. The molecule has 0 radical (unpaired) electrons. The average Bonchev–Trinajstić information content (AvgIpc) is 3.16. The van der Waals surface area contributed by atoms with Gasteiger partial charge in [-0.05, 0) is 52.1 Å². The van der Waals surface area contributed by atoms with Gasteiger partial charge in [0.1, 0.15) is 5.84 Å². The van der Waals surface area contributed by atoms with Crippen LogP contribution in [0.2, 0.25) is 0 Å². The van der Waals surface area contributed by atoms with Crippen molar-refractivity contribution in [2.24, 2.45) is 22.2 Å². The smallest absolute Gasteiger partial charge is 0.144 e. The summed E-state index contributed by atoms with van der Waals surface area (Å²) in [7, 11) is 2.22. The molecule has 3 N–H and O–H groups in total. The summed E-state index contributed by atoms with van der Waals surface area (Å²) in [4.78, 5) is 2.47. The Morgan fingerprint density at radius 3 is 2.56 bits per heavy atom. The Morgan fingerprint density at radius 2 is 2.06 bits per heavy atom. The molecular formula is C14H29N3O. The monoisotopic (exact) mass is 255 g/mol. The second kappa shape index (κ2) is 6.41. The van der Waals surface area contributed by atoms with Crippen LogP contribution in [0.1, 0.15) is 52.9 Å². The Balaban J connectivity index is 2.17. The van der Waals surface area contributed by atoms with Gasteiger partial charge >= 0.3 is 0 Å². The number of nitrogens with two attached hydrogens (primary N) is 1. The Bertz CT molecular complexity index is 285. The molecule has 4 nitrogen and oxygen atoms in total. The molecule has 106 valence electrons. The van der Waals surface area contributed by atoms with Gasteiger partial charge in [0.25, 0.3) is 0 Å². The largest absolute Gasteiger partial charge is 0.409 e. The van der Waals surface area contributed by atoms with Gasteiger partial charge in [-0.2, -0.15) is 0 Å². The molecule has 0 bridgehead atoms. The second-order valence-corrected chi connectivity index (χ2v) is 6.38. The summed E-state index contributed by atoms with van der Waals surface area (Å²) >= 11 is 0. The highest BCUT2D eigenvalue weighted by Gasteiger charge is 2.30. The summed E-state index contributed by atoms with van der Waals surface area (Å²) in [6.07, 6.45) is 6.07. The van der Waals surface area contributed by atoms with Crippen LogP contribution in [0.4, 0.5) is 0 Å². The molecule has 1 saturated carbocycles. The van der Waals surface area contributed by atoms with E-state index in [2.05, 4.69) is 24.0 Å². The van der Waals surface area contributed by atoms with Gasteiger partial charge in [-0.25, -0.2) is 0 Å². The molecule has 1 unspecified atom stereocenters. The van der Waals surface area contributed by atoms with E-state index in [1.54, 1.807) is 0 Å². The first-order valence-corrected chi connectivity index (χ1v) is 7.06. The van der Waals surface area contributed by atoms with Gasteiger partial charge in [0, 0.05) is 11.5 Å². The summed E-state index contributed by atoms with van der Waals surface area (Å²) < 4.78 is 0. The van der Waals surface area contributed by atoms with Gasteiger partial charge < -0.3 is 15.8 Å². The molecule has 1 rings (SSSR count). The van der Waals surface area contributed by atoms with Crippen molar-refractivity contribution in [1.29, 1.82) is 0 Å². The van der Waals surface area contributed by atoms with E-state index < -0.39 is 0 Å². The van der Waals surface area contributed by atoms with Gasteiger partial charge in [-0.1, -0.05) is 25.4 Å². The van der Waals surface area contributed by atoms with E-state index in [4.69, 9.17) is 10.9 Å². The summed E-state index contributed by atoms with van der Waals surface area (Å²) in [6, 6.07) is 0.724. The Hall–Kier alpha value is -0.770. The highest BCUT2D eigenvalue weighted by atomic mass is 16.4. The molecule has 0 heterocycles. The summed E-state index contributed by atoms with van der Waals surface area (Å²) in [6.45, 7) is 7.53. The second-order valence-electron chi connectivity index (χ2n) is 6.38. The molecule has 0 amide bonds. The normalized spacial score (nSPS) is 19.3. The third kappa shape index (κ3) is 4.48. The first-order chi connectivity index (χ1) is 8.38. The van der Waals surface area contributed by atoms with E-state index >= 15 is 0 Å². The van der Waals surface area contributed by atoms with Gasteiger partial charge in [0.05, 0.1) is 0 Å². The number of oxime groups is 1. The molecule has 1 aliphatic rings. The van der Waals surface area contributed by atoms with Crippen molar-refractivity contribution >= 4 is 5.84 Å². The maximum Gasteiger partial charge on any atom is 0.144 e. The van der Waals surface area contributed by atoms with Gasteiger partial charge in [-0.3, -0.25) is 0 Å². The maximum absolute atomic E-state index is 8.71. The fraction of sp³-hybridized carbons (Fsp3) is 0.929. The maximum atomic E-state index is 8.71. The SMILES string of the molecule is CC(C1CC1)N(C)CCCCC(C)(C)C(N)=NO. The van der Waals surface area contributed by atoms with Crippen LogP contribution in [0.25, 0.3) is 0 Å². The quantitative estimate of drug-likeness (QED) is 0.230. The standard InChI is InChI=1S/C14H29N3O/c1-11(12-7-8-12)17(4)10-6-5-9-14(2,3)13(15)16-18/h11-12,18H,5-10H2,1-4H3,(H2,15,16). The Morgan fingerprint density at radius 1 is 1.44 bits per heavy atom. The van der Waals surface area contributed by atoms with E-state index in [1.807, 2.05) is 13.8 Å². The number of rotatable bonds is 8. The molecule has 0 aliphatic heterocycles. The summed E-state index contributed by atoms with van der Waals surface area (Å²) in [5.41, 5.74) is 5.48. The van der Waals surface area contributed by atoms with E-state index in [0.717, 1.165) is 31.3 Å². The number of nitrogens with zero attached hydrogens (tertiary/aromatic N) is 2. The van der Waals surface area contributed by atoms with Crippen LogP contribution in [0, 0.1) is 11.3 Å². The lowest BCUT2D eigenvalue weighted by Crippen LogP contribution is -2.33. The lowest BCUT2D eigenvalue weighted by atomic mass is 9.86. The first-order valence-electron chi connectivity index (χ1n) is 7.06. The fourth-order valence-corrected chi connectivity index (χ4v) is 2.33. The third-order valence-corrected chi connectivity index (χ3v) is 4.36. The van der Waals surface area contributed by atoms with Crippen LogP contribution in [0.3, 0.4) is 0 Å². The van der Waals surface area contributed by atoms with Crippen molar-refractivity contribution in [2.75, 3.05) is 13.6 Å². The molecule has 1 atom stereocenters. The fourth-order valence-electron chi connectivity index (χ4n) is 2.33. The van der Waals surface area contributed by atoms with Crippen LogP contribution in [-0.4, -0.2) is 35.6 Å². The average molecular weight is 255 g/mol. The van der Waals surface area contributed by atoms with E-state index in [0.29, 0.717) is 5.84 Å². The van der Waals surface area contributed by atoms with Crippen LogP contribution < -0.4 is 5.73 Å². The molecule has 0 spiro atoms. The zero-order valence-corrected chi connectivity index (χ0v) is 12.3. The third-order valence-electron chi connectivity index (χ3n) is 4.36. The highest BCUT2D eigenvalue weighted by Crippen LogP contribution is 2.34. The van der Waals surface area contributed by atoms with Gasteiger partial charge in [0.2, 0.25) is 0 Å². The van der Waals surface area contributed by atoms with Crippen molar-refractivity contribution in [2.45, 2.75) is 58.9 Å². The molecule has 4 heteroatoms. The zero-order chi connectivity index (χ0) is 13.8. The van der Waals surface area contributed by atoms with Crippen LogP contribution in [0.15, 0.2) is 5.16 Å². The molecule has 0 aromatic carbocycles. The molecular weight excluding hydrogens is 226 g/mol. The summed E-state index contributed by atoms with van der Waals surface area (Å²) in [5, 5.41) is 11.8. The van der Waals surface area contributed by atoms with E-state index in [9.17, 15) is 0 Å². The first kappa shape index (κ1) is 15.3. The minimum absolute atomic E-state index is 0.199. The number of hydrogen-bond acceptors (Lipinski definition) is 3. The van der Waals surface area contributed by atoms with Crippen molar-refractivity contribution in [3.63, 3.8) is 0 Å². The van der Waals surface area contributed by atoms with Crippen LogP contribution in [0.5, 0.6) is 0 Å². The van der Waals surface area contributed by atoms with Crippen LogP contribution >= 0.6 is 0 Å². The number of amidine groups is 1. The molecule has 0 aromatic rings. The summed E-state index contributed by atoms with van der Waals surface area (Å²) in [5.74, 6) is 1.27. The van der Waals surface area contributed by atoms with E-state index in [1.165, 1.54) is 19.3 Å². The topological polar surface area (TPSA) is 61.8 Å². The van der Waals surface area contributed by atoms with Crippen molar-refractivity contribution < 1.29 is 5.21 Å². The van der Waals surface area contributed by atoms with Crippen molar-refractivity contribution in [1.82, 2.24) is 4.90 Å².